The summed E-state index contributed by atoms with van der Waals surface area (Å²) in [5, 5.41) is 17.2. The number of fused-ring (bicyclic) bond motifs is 1. The molecule has 6 nitrogen and oxygen atoms in total. The van der Waals surface area contributed by atoms with Gasteiger partial charge in [0.15, 0.2) is 5.58 Å². The summed E-state index contributed by atoms with van der Waals surface area (Å²) in [5.41, 5.74) is 1.23. The number of carboxylic acid groups (broad SMARTS) is 1. The SMILES string of the molecule is O=C(Cc1noc2ccccc12)NC1CCCCCCC1C(=O)O. The minimum Gasteiger partial charge on any atom is -0.481 e. The molecule has 1 heterocycles. The van der Waals surface area contributed by atoms with Crippen LogP contribution in [0.5, 0.6) is 0 Å². The lowest BCUT2D eigenvalue weighted by Crippen LogP contribution is -2.44. The smallest absolute Gasteiger partial charge is 0.308 e. The van der Waals surface area contributed by atoms with E-state index in [0.29, 0.717) is 24.1 Å². The van der Waals surface area contributed by atoms with Gasteiger partial charge in [-0.25, -0.2) is 0 Å². The van der Waals surface area contributed by atoms with E-state index in [1.807, 2.05) is 18.2 Å². The molecule has 128 valence electrons. The zero-order valence-corrected chi connectivity index (χ0v) is 13.5. The van der Waals surface area contributed by atoms with Crippen LogP contribution in [0.3, 0.4) is 0 Å². The van der Waals surface area contributed by atoms with Crippen LogP contribution in [-0.4, -0.2) is 28.2 Å². The molecule has 1 amide bonds. The van der Waals surface area contributed by atoms with Gasteiger partial charge >= 0.3 is 5.97 Å². The number of hydrogen-bond donors (Lipinski definition) is 2. The molecular weight excluding hydrogens is 308 g/mol. The fourth-order valence-corrected chi connectivity index (χ4v) is 3.43. The number of rotatable bonds is 4. The van der Waals surface area contributed by atoms with Gasteiger partial charge in [-0.1, -0.05) is 43.0 Å². The van der Waals surface area contributed by atoms with Gasteiger partial charge in [0.2, 0.25) is 5.91 Å². The van der Waals surface area contributed by atoms with Crippen LogP contribution in [0.2, 0.25) is 0 Å². The summed E-state index contributed by atoms with van der Waals surface area (Å²) in [6, 6.07) is 7.08. The van der Waals surface area contributed by atoms with E-state index >= 15 is 0 Å². The number of carbonyl (C=O) groups is 2. The van der Waals surface area contributed by atoms with Crippen LogP contribution in [0, 0.1) is 5.92 Å². The number of hydrogen-bond acceptors (Lipinski definition) is 4. The summed E-state index contributed by atoms with van der Waals surface area (Å²) >= 11 is 0. The number of nitrogens with one attached hydrogen (secondary N) is 1. The number of para-hydroxylation sites is 1. The van der Waals surface area contributed by atoms with Gasteiger partial charge in [-0.05, 0) is 25.0 Å². The van der Waals surface area contributed by atoms with E-state index in [4.69, 9.17) is 4.52 Å². The molecule has 3 rings (SSSR count). The number of aromatic nitrogens is 1. The zero-order valence-electron chi connectivity index (χ0n) is 13.5. The Labute approximate surface area is 140 Å². The lowest BCUT2D eigenvalue weighted by molar-refractivity contribution is -0.143. The van der Waals surface area contributed by atoms with Crippen LogP contribution in [-0.2, 0) is 16.0 Å². The third-order valence-electron chi connectivity index (χ3n) is 4.71. The molecule has 1 aliphatic rings. The van der Waals surface area contributed by atoms with Crippen LogP contribution in [0.4, 0.5) is 0 Å². The van der Waals surface area contributed by atoms with Gasteiger partial charge in [0.05, 0.1) is 12.3 Å². The van der Waals surface area contributed by atoms with Gasteiger partial charge in [-0.15, -0.1) is 0 Å². The highest BCUT2D eigenvalue weighted by atomic mass is 16.5. The van der Waals surface area contributed by atoms with Gasteiger partial charge in [0.1, 0.15) is 5.69 Å². The topological polar surface area (TPSA) is 92.4 Å². The molecule has 2 atom stereocenters. The van der Waals surface area contributed by atoms with E-state index in [1.54, 1.807) is 6.07 Å². The van der Waals surface area contributed by atoms with E-state index in [-0.39, 0.29) is 18.4 Å². The third kappa shape index (κ3) is 3.75. The number of benzene rings is 1. The van der Waals surface area contributed by atoms with E-state index in [2.05, 4.69) is 10.5 Å². The third-order valence-corrected chi connectivity index (χ3v) is 4.71. The molecule has 6 heteroatoms. The lowest BCUT2D eigenvalue weighted by Gasteiger charge is -2.27. The quantitative estimate of drug-likeness (QED) is 0.899. The lowest BCUT2D eigenvalue weighted by atomic mass is 9.86. The van der Waals surface area contributed by atoms with Crippen LogP contribution < -0.4 is 5.32 Å². The Morgan fingerprint density at radius 3 is 2.71 bits per heavy atom. The second kappa shape index (κ2) is 7.47. The molecule has 1 aromatic carbocycles. The summed E-state index contributed by atoms with van der Waals surface area (Å²) < 4.78 is 5.21. The van der Waals surface area contributed by atoms with Crippen molar-refractivity contribution in [1.29, 1.82) is 0 Å². The second-order valence-electron chi connectivity index (χ2n) is 6.41. The first-order chi connectivity index (χ1) is 11.6. The molecule has 0 spiro atoms. The maximum absolute atomic E-state index is 12.4. The van der Waals surface area contributed by atoms with E-state index in [9.17, 15) is 14.7 Å². The first-order valence-corrected chi connectivity index (χ1v) is 8.50. The van der Waals surface area contributed by atoms with Crippen molar-refractivity contribution in [2.75, 3.05) is 0 Å². The number of aliphatic carboxylic acids is 1. The molecule has 1 aromatic heterocycles. The highest BCUT2D eigenvalue weighted by molar-refractivity contribution is 5.86. The molecular formula is C18H22N2O4. The van der Waals surface area contributed by atoms with Crippen molar-refractivity contribution >= 4 is 22.8 Å². The summed E-state index contributed by atoms with van der Waals surface area (Å²) in [7, 11) is 0. The first-order valence-electron chi connectivity index (χ1n) is 8.50. The summed E-state index contributed by atoms with van der Waals surface area (Å²) in [5.74, 6) is -1.54. The highest BCUT2D eigenvalue weighted by Crippen LogP contribution is 2.24. The standard InChI is InChI=1S/C18H22N2O4/c21-17(11-15-12-7-5-6-10-16(12)24-20-15)19-14-9-4-2-1-3-8-13(14)18(22)23/h5-7,10,13-14H,1-4,8-9,11H2,(H,19,21)(H,22,23). The molecule has 0 radical (unpaired) electrons. The molecule has 1 saturated carbocycles. The number of carboxylic acids is 1. The Morgan fingerprint density at radius 2 is 1.92 bits per heavy atom. The van der Waals surface area contributed by atoms with Crippen molar-refractivity contribution in [3.05, 3.63) is 30.0 Å². The van der Waals surface area contributed by atoms with Crippen LogP contribution in [0.25, 0.3) is 11.0 Å². The van der Waals surface area contributed by atoms with Crippen LogP contribution >= 0.6 is 0 Å². The Bertz CT molecular complexity index is 725. The fraction of sp³-hybridized carbons (Fsp3) is 0.500. The molecule has 2 N–H and O–H groups in total. The monoisotopic (exact) mass is 330 g/mol. The predicted molar refractivity (Wildman–Crippen MR) is 88.5 cm³/mol. The summed E-state index contributed by atoms with van der Waals surface area (Å²) in [6.07, 6.45) is 5.43. The Balaban J connectivity index is 1.68. The van der Waals surface area contributed by atoms with Gasteiger partial charge < -0.3 is 14.9 Å². The van der Waals surface area contributed by atoms with Crippen molar-refractivity contribution in [2.45, 2.75) is 51.0 Å². The number of carbonyl (C=O) groups excluding carboxylic acids is 1. The van der Waals surface area contributed by atoms with E-state index in [1.165, 1.54) is 0 Å². The first kappa shape index (κ1) is 16.5. The van der Waals surface area contributed by atoms with Crippen molar-refractivity contribution < 1.29 is 19.2 Å². The van der Waals surface area contributed by atoms with Crippen LogP contribution in [0.1, 0.15) is 44.2 Å². The Morgan fingerprint density at radius 1 is 1.17 bits per heavy atom. The maximum Gasteiger partial charge on any atom is 0.308 e. The fourth-order valence-electron chi connectivity index (χ4n) is 3.43. The van der Waals surface area contributed by atoms with Crippen molar-refractivity contribution in [2.24, 2.45) is 5.92 Å². The van der Waals surface area contributed by atoms with Gasteiger partial charge in [-0.2, -0.15) is 0 Å². The van der Waals surface area contributed by atoms with Crippen molar-refractivity contribution in [3.8, 4) is 0 Å². The summed E-state index contributed by atoms with van der Waals surface area (Å²) in [4.78, 5) is 23.9. The van der Waals surface area contributed by atoms with Crippen LogP contribution in [0.15, 0.2) is 28.8 Å². The van der Waals surface area contributed by atoms with Gasteiger partial charge in [0.25, 0.3) is 0 Å². The largest absolute Gasteiger partial charge is 0.481 e. The molecule has 24 heavy (non-hydrogen) atoms. The Hall–Kier alpha value is -2.37. The average molecular weight is 330 g/mol. The minimum absolute atomic E-state index is 0.0971. The minimum atomic E-state index is -0.825. The normalized spacial score (nSPS) is 21.8. The zero-order chi connectivity index (χ0) is 16.9. The van der Waals surface area contributed by atoms with Gasteiger partial charge in [0, 0.05) is 11.4 Å². The van der Waals surface area contributed by atoms with Gasteiger partial charge in [-0.3, -0.25) is 9.59 Å². The van der Waals surface area contributed by atoms with E-state index in [0.717, 1.165) is 31.1 Å². The Kier molecular flexibility index (Phi) is 5.13. The molecule has 0 saturated heterocycles. The molecule has 2 unspecified atom stereocenters. The predicted octanol–water partition coefficient (Wildman–Crippen LogP) is 2.91. The van der Waals surface area contributed by atoms with Crippen molar-refractivity contribution in [1.82, 2.24) is 10.5 Å². The molecule has 0 bridgehead atoms. The highest BCUT2D eigenvalue weighted by Gasteiger charge is 2.30. The number of amides is 1. The van der Waals surface area contributed by atoms with E-state index < -0.39 is 11.9 Å². The number of nitrogens with zero attached hydrogens (tertiary/aromatic N) is 1. The van der Waals surface area contributed by atoms with Crippen molar-refractivity contribution in [3.63, 3.8) is 0 Å². The average Bonchev–Trinajstić information content (AvgIpc) is 2.93. The molecule has 0 aliphatic heterocycles. The maximum atomic E-state index is 12.4. The molecule has 2 aromatic rings. The molecule has 1 aliphatic carbocycles. The summed E-state index contributed by atoms with van der Waals surface area (Å²) in [6.45, 7) is 0. The second-order valence-corrected chi connectivity index (χ2v) is 6.41. The molecule has 1 fully saturated rings.